The molecule has 0 amide bonds. The van der Waals surface area contributed by atoms with E-state index in [1.165, 1.54) is 26.4 Å². The van der Waals surface area contributed by atoms with E-state index in [0.29, 0.717) is 23.6 Å². The number of nitrogens with one attached hydrogen (secondary N) is 1. The highest BCUT2D eigenvalue weighted by Crippen LogP contribution is 2.37. The van der Waals surface area contributed by atoms with Gasteiger partial charge in [0.05, 0.1) is 25.2 Å². The van der Waals surface area contributed by atoms with E-state index in [1.54, 1.807) is 0 Å². The predicted molar refractivity (Wildman–Crippen MR) is 72.7 cm³/mol. The SMILES string of the molecule is C#CCC(C)Nc1cc(OC)c(OC)cc1[N+](=O)[O-]. The second kappa shape index (κ2) is 6.50. The molecule has 0 saturated carbocycles. The summed E-state index contributed by atoms with van der Waals surface area (Å²) in [4.78, 5) is 10.6. The molecule has 0 aromatic heterocycles. The molecule has 1 N–H and O–H groups in total. The quantitative estimate of drug-likeness (QED) is 0.485. The molecule has 0 aliphatic heterocycles. The molecule has 0 radical (unpaired) electrons. The van der Waals surface area contributed by atoms with Crippen molar-refractivity contribution in [3.05, 3.63) is 22.2 Å². The Bertz CT molecular complexity index is 508. The Labute approximate surface area is 111 Å². The van der Waals surface area contributed by atoms with Gasteiger partial charge in [-0.25, -0.2) is 0 Å². The minimum absolute atomic E-state index is 0.0817. The third-order valence-electron chi connectivity index (χ3n) is 2.52. The van der Waals surface area contributed by atoms with E-state index in [4.69, 9.17) is 15.9 Å². The number of methoxy groups -OCH3 is 2. The lowest BCUT2D eigenvalue weighted by molar-refractivity contribution is -0.384. The van der Waals surface area contributed by atoms with Gasteiger partial charge >= 0.3 is 0 Å². The van der Waals surface area contributed by atoms with Gasteiger partial charge in [0.1, 0.15) is 5.69 Å². The van der Waals surface area contributed by atoms with Crippen LogP contribution < -0.4 is 14.8 Å². The van der Waals surface area contributed by atoms with Crippen LogP contribution in [0.15, 0.2) is 12.1 Å². The second-order valence-electron chi connectivity index (χ2n) is 3.94. The molecule has 0 aliphatic rings. The van der Waals surface area contributed by atoms with Gasteiger partial charge in [-0.1, -0.05) is 0 Å². The molecule has 1 aromatic rings. The lowest BCUT2D eigenvalue weighted by atomic mass is 10.2. The first-order valence-electron chi connectivity index (χ1n) is 5.63. The predicted octanol–water partition coefficient (Wildman–Crippen LogP) is 2.44. The van der Waals surface area contributed by atoms with Gasteiger partial charge in [0.15, 0.2) is 11.5 Å². The summed E-state index contributed by atoms with van der Waals surface area (Å²) in [7, 11) is 2.90. The number of nitro groups is 1. The number of hydrogen-bond donors (Lipinski definition) is 1. The molecule has 1 aromatic carbocycles. The number of nitro benzene ring substituents is 1. The highest BCUT2D eigenvalue weighted by atomic mass is 16.6. The molecule has 6 heteroatoms. The van der Waals surface area contributed by atoms with Crippen LogP contribution in [0.3, 0.4) is 0 Å². The monoisotopic (exact) mass is 264 g/mol. The molecule has 6 nitrogen and oxygen atoms in total. The molecule has 0 fully saturated rings. The Balaban J connectivity index is 3.20. The third kappa shape index (κ3) is 3.52. The van der Waals surface area contributed by atoms with Gasteiger partial charge < -0.3 is 14.8 Å². The Morgan fingerprint density at radius 2 is 2.00 bits per heavy atom. The van der Waals surface area contributed by atoms with Gasteiger partial charge in [0.2, 0.25) is 0 Å². The van der Waals surface area contributed by atoms with Crippen LogP contribution in [0.2, 0.25) is 0 Å². The summed E-state index contributed by atoms with van der Waals surface area (Å²) in [5.74, 6) is 3.23. The van der Waals surface area contributed by atoms with Crippen molar-refractivity contribution in [2.75, 3.05) is 19.5 Å². The number of hydrogen-bond acceptors (Lipinski definition) is 5. The van der Waals surface area contributed by atoms with Crippen molar-refractivity contribution in [2.45, 2.75) is 19.4 Å². The molecule has 0 spiro atoms. The second-order valence-corrected chi connectivity index (χ2v) is 3.94. The fourth-order valence-electron chi connectivity index (χ4n) is 1.63. The molecule has 1 rings (SSSR count). The van der Waals surface area contributed by atoms with Crippen molar-refractivity contribution in [3.8, 4) is 23.8 Å². The summed E-state index contributed by atoms with van der Waals surface area (Å²) >= 11 is 0. The van der Waals surface area contributed by atoms with Crippen LogP contribution in [0.5, 0.6) is 11.5 Å². The number of anilines is 1. The average Bonchev–Trinajstić information content (AvgIpc) is 2.38. The minimum atomic E-state index is -0.479. The molecule has 1 atom stereocenters. The van der Waals surface area contributed by atoms with Crippen molar-refractivity contribution < 1.29 is 14.4 Å². The van der Waals surface area contributed by atoms with Crippen LogP contribution >= 0.6 is 0 Å². The molecule has 19 heavy (non-hydrogen) atoms. The van der Waals surface area contributed by atoms with Gasteiger partial charge in [0, 0.05) is 18.5 Å². The van der Waals surface area contributed by atoms with Crippen LogP contribution in [0.25, 0.3) is 0 Å². The van der Waals surface area contributed by atoms with Crippen molar-refractivity contribution in [2.24, 2.45) is 0 Å². The zero-order valence-corrected chi connectivity index (χ0v) is 11.1. The molecule has 0 saturated heterocycles. The van der Waals surface area contributed by atoms with E-state index < -0.39 is 4.92 Å². The zero-order chi connectivity index (χ0) is 14.4. The first kappa shape index (κ1) is 14.6. The maximum absolute atomic E-state index is 11.1. The summed E-state index contributed by atoms with van der Waals surface area (Å²) in [6, 6.07) is 2.77. The highest BCUT2D eigenvalue weighted by molar-refractivity contribution is 5.68. The first-order chi connectivity index (χ1) is 9.03. The smallest absolute Gasteiger partial charge is 0.296 e. The molecule has 0 heterocycles. The Morgan fingerprint density at radius 3 is 2.47 bits per heavy atom. The lowest BCUT2D eigenvalue weighted by Crippen LogP contribution is -2.15. The number of benzene rings is 1. The summed E-state index contributed by atoms with van der Waals surface area (Å²) in [6.07, 6.45) is 5.68. The Hall–Kier alpha value is -2.42. The van der Waals surface area contributed by atoms with Crippen LogP contribution in [0, 0.1) is 22.5 Å². The summed E-state index contributed by atoms with van der Waals surface area (Å²) in [5, 5.41) is 14.1. The maximum atomic E-state index is 11.1. The van der Waals surface area contributed by atoms with Crippen LogP contribution in [0.1, 0.15) is 13.3 Å². The van der Waals surface area contributed by atoms with E-state index in [-0.39, 0.29) is 11.7 Å². The van der Waals surface area contributed by atoms with Crippen molar-refractivity contribution >= 4 is 11.4 Å². The topological polar surface area (TPSA) is 73.6 Å². The van der Waals surface area contributed by atoms with E-state index in [1.807, 2.05) is 6.92 Å². The maximum Gasteiger partial charge on any atom is 0.296 e. The molecule has 1 unspecified atom stereocenters. The van der Waals surface area contributed by atoms with Crippen molar-refractivity contribution in [3.63, 3.8) is 0 Å². The molecule has 0 aliphatic carbocycles. The number of ether oxygens (including phenoxy) is 2. The van der Waals surface area contributed by atoms with Crippen LogP contribution in [-0.4, -0.2) is 25.2 Å². The number of rotatable bonds is 6. The number of nitrogens with zero attached hydrogens (tertiary/aromatic N) is 1. The lowest BCUT2D eigenvalue weighted by Gasteiger charge is -2.15. The minimum Gasteiger partial charge on any atom is -0.493 e. The fourth-order valence-corrected chi connectivity index (χ4v) is 1.63. The third-order valence-corrected chi connectivity index (χ3v) is 2.52. The Kier molecular flexibility index (Phi) is 5.01. The molecular formula is C13H16N2O4. The van der Waals surface area contributed by atoms with Gasteiger partial charge in [-0.3, -0.25) is 10.1 Å². The van der Waals surface area contributed by atoms with E-state index in [9.17, 15) is 10.1 Å². The fraction of sp³-hybridized carbons (Fsp3) is 0.385. The zero-order valence-electron chi connectivity index (χ0n) is 11.1. The van der Waals surface area contributed by atoms with Gasteiger partial charge in [-0.2, -0.15) is 0 Å². The van der Waals surface area contributed by atoms with Gasteiger partial charge in [-0.15, -0.1) is 12.3 Å². The number of terminal acetylenes is 1. The van der Waals surface area contributed by atoms with Gasteiger partial charge in [0.25, 0.3) is 5.69 Å². The summed E-state index contributed by atoms with van der Waals surface area (Å²) in [5.41, 5.74) is 0.270. The largest absolute Gasteiger partial charge is 0.493 e. The van der Waals surface area contributed by atoms with Crippen molar-refractivity contribution in [1.29, 1.82) is 0 Å². The van der Waals surface area contributed by atoms with Crippen LogP contribution in [-0.2, 0) is 0 Å². The normalized spacial score (nSPS) is 11.3. The first-order valence-corrected chi connectivity index (χ1v) is 5.63. The molecular weight excluding hydrogens is 248 g/mol. The highest BCUT2D eigenvalue weighted by Gasteiger charge is 2.20. The van der Waals surface area contributed by atoms with E-state index in [2.05, 4.69) is 11.2 Å². The van der Waals surface area contributed by atoms with Crippen molar-refractivity contribution in [1.82, 2.24) is 0 Å². The molecule has 0 bridgehead atoms. The Morgan fingerprint density at radius 1 is 1.42 bits per heavy atom. The summed E-state index contributed by atoms with van der Waals surface area (Å²) < 4.78 is 10.2. The standard InChI is InChI=1S/C13H16N2O4/c1-5-6-9(2)14-10-7-12(18-3)13(19-4)8-11(10)15(16)17/h1,7-9,14H,6H2,2-4H3. The van der Waals surface area contributed by atoms with Gasteiger partial charge in [-0.05, 0) is 6.92 Å². The average molecular weight is 264 g/mol. The van der Waals surface area contributed by atoms with E-state index in [0.717, 1.165) is 0 Å². The van der Waals surface area contributed by atoms with E-state index >= 15 is 0 Å². The molecule has 102 valence electrons. The van der Waals surface area contributed by atoms with Crippen LogP contribution in [0.4, 0.5) is 11.4 Å². The summed E-state index contributed by atoms with van der Waals surface area (Å²) in [6.45, 7) is 1.85.